The molecule has 1 aromatic heterocycles. The lowest BCUT2D eigenvalue weighted by molar-refractivity contribution is -0.137. The summed E-state index contributed by atoms with van der Waals surface area (Å²) < 4.78 is 43.4. The monoisotopic (exact) mass is 324 g/mol. The standard InChI is InChI=1S/C17H15F3O3/c18-17(19,20)12-7-5-10(6-8-12)13-9-23-15(14(13)16(21)22)11-3-1-2-4-11/h5-9,11H,1-4H2,(H,21,22). The van der Waals surface area contributed by atoms with E-state index in [1.807, 2.05) is 0 Å². The zero-order valence-electron chi connectivity index (χ0n) is 12.2. The van der Waals surface area contributed by atoms with Gasteiger partial charge in [0.2, 0.25) is 0 Å². The fourth-order valence-corrected chi connectivity index (χ4v) is 3.13. The van der Waals surface area contributed by atoms with Crippen molar-refractivity contribution in [2.24, 2.45) is 0 Å². The Morgan fingerprint density at radius 1 is 1.13 bits per heavy atom. The number of halogens is 3. The molecule has 122 valence electrons. The molecule has 1 aromatic carbocycles. The zero-order chi connectivity index (χ0) is 16.6. The number of alkyl halides is 3. The molecule has 0 aliphatic heterocycles. The molecule has 6 heteroatoms. The van der Waals surface area contributed by atoms with E-state index in [1.54, 1.807) is 0 Å². The topological polar surface area (TPSA) is 50.4 Å². The molecule has 1 aliphatic rings. The van der Waals surface area contributed by atoms with Crippen molar-refractivity contribution in [2.75, 3.05) is 0 Å². The molecule has 2 aromatic rings. The molecule has 0 atom stereocenters. The Labute approximate surface area is 130 Å². The van der Waals surface area contributed by atoms with E-state index in [-0.39, 0.29) is 11.5 Å². The van der Waals surface area contributed by atoms with Crippen LogP contribution >= 0.6 is 0 Å². The maximum absolute atomic E-state index is 12.6. The second-order valence-electron chi connectivity index (χ2n) is 5.75. The van der Waals surface area contributed by atoms with Gasteiger partial charge in [-0.25, -0.2) is 4.79 Å². The van der Waals surface area contributed by atoms with Crippen molar-refractivity contribution < 1.29 is 27.5 Å². The number of carboxylic acid groups (broad SMARTS) is 1. The van der Waals surface area contributed by atoms with Gasteiger partial charge in [0, 0.05) is 11.5 Å². The number of carbonyl (C=O) groups is 1. The molecule has 0 bridgehead atoms. The van der Waals surface area contributed by atoms with Crippen LogP contribution in [0.4, 0.5) is 13.2 Å². The molecule has 0 saturated heterocycles. The van der Waals surface area contributed by atoms with Gasteiger partial charge in [-0.1, -0.05) is 25.0 Å². The molecule has 0 amide bonds. The van der Waals surface area contributed by atoms with E-state index in [0.717, 1.165) is 37.8 Å². The van der Waals surface area contributed by atoms with Crippen LogP contribution in [-0.4, -0.2) is 11.1 Å². The van der Waals surface area contributed by atoms with Crippen LogP contribution in [-0.2, 0) is 6.18 Å². The third-order valence-electron chi connectivity index (χ3n) is 4.28. The van der Waals surface area contributed by atoms with Gasteiger partial charge < -0.3 is 9.52 Å². The van der Waals surface area contributed by atoms with Gasteiger partial charge in [-0.05, 0) is 30.5 Å². The first-order chi connectivity index (χ1) is 10.9. The van der Waals surface area contributed by atoms with Crippen molar-refractivity contribution in [3.8, 4) is 11.1 Å². The molecule has 1 heterocycles. The highest BCUT2D eigenvalue weighted by Gasteiger charge is 2.31. The molecule has 0 unspecified atom stereocenters. The van der Waals surface area contributed by atoms with E-state index >= 15 is 0 Å². The molecule has 3 rings (SSSR count). The quantitative estimate of drug-likeness (QED) is 0.831. The summed E-state index contributed by atoms with van der Waals surface area (Å²) in [4.78, 5) is 11.6. The number of hydrogen-bond donors (Lipinski definition) is 1. The number of furan rings is 1. The van der Waals surface area contributed by atoms with Crippen molar-refractivity contribution in [3.63, 3.8) is 0 Å². The Hall–Kier alpha value is -2.24. The fraction of sp³-hybridized carbons (Fsp3) is 0.353. The van der Waals surface area contributed by atoms with Gasteiger partial charge in [0.05, 0.1) is 11.8 Å². The van der Waals surface area contributed by atoms with Gasteiger partial charge in [0.15, 0.2) is 0 Å². The highest BCUT2D eigenvalue weighted by molar-refractivity contribution is 5.97. The summed E-state index contributed by atoms with van der Waals surface area (Å²) in [5.41, 5.74) is 0.0332. The molecule has 3 nitrogen and oxygen atoms in total. The third kappa shape index (κ3) is 2.98. The van der Waals surface area contributed by atoms with E-state index in [4.69, 9.17) is 4.42 Å². The zero-order valence-corrected chi connectivity index (χ0v) is 12.2. The Bertz CT molecular complexity index is 708. The molecule has 0 spiro atoms. The molecular weight excluding hydrogens is 309 g/mol. The van der Waals surface area contributed by atoms with Crippen LogP contribution in [0.25, 0.3) is 11.1 Å². The Morgan fingerprint density at radius 3 is 2.26 bits per heavy atom. The minimum Gasteiger partial charge on any atom is -0.478 e. The van der Waals surface area contributed by atoms with Crippen LogP contribution < -0.4 is 0 Å². The summed E-state index contributed by atoms with van der Waals surface area (Å²) in [6.07, 6.45) is 0.722. The van der Waals surface area contributed by atoms with E-state index < -0.39 is 17.7 Å². The van der Waals surface area contributed by atoms with Gasteiger partial charge in [0.25, 0.3) is 0 Å². The average Bonchev–Trinajstić information content (AvgIpc) is 3.15. The Kier molecular flexibility index (Phi) is 3.92. The van der Waals surface area contributed by atoms with Crippen LogP contribution in [0.15, 0.2) is 34.9 Å². The fourth-order valence-electron chi connectivity index (χ4n) is 3.13. The maximum Gasteiger partial charge on any atom is 0.416 e. The number of hydrogen-bond acceptors (Lipinski definition) is 2. The van der Waals surface area contributed by atoms with Crippen molar-refractivity contribution in [2.45, 2.75) is 37.8 Å². The normalized spacial score (nSPS) is 16.0. The van der Waals surface area contributed by atoms with E-state index in [9.17, 15) is 23.1 Å². The summed E-state index contributed by atoms with van der Waals surface area (Å²) in [6.45, 7) is 0. The minimum atomic E-state index is -4.42. The third-order valence-corrected chi connectivity index (χ3v) is 4.28. The lowest BCUT2D eigenvalue weighted by Crippen LogP contribution is -2.05. The van der Waals surface area contributed by atoms with E-state index in [2.05, 4.69) is 0 Å². The van der Waals surface area contributed by atoms with Crippen molar-refractivity contribution in [1.82, 2.24) is 0 Å². The first kappa shape index (κ1) is 15.6. The van der Waals surface area contributed by atoms with Crippen LogP contribution in [0.1, 0.15) is 53.3 Å². The minimum absolute atomic E-state index is 0.0664. The molecule has 1 fully saturated rings. The van der Waals surface area contributed by atoms with Gasteiger partial charge in [0.1, 0.15) is 11.3 Å². The SMILES string of the molecule is O=C(O)c1c(-c2ccc(C(F)(F)F)cc2)coc1C1CCCC1. The summed E-state index contributed by atoms with van der Waals surface area (Å²) in [5, 5.41) is 9.50. The second-order valence-corrected chi connectivity index (χ2v) is 5.75. The van der Waals surface area contributed by atoms with E-state index in [1.165, 1.54) is 18.4 Å². The maximum atomic E-state index is 12.6. The molecule has 1 aliphatic carbocycles. The Morgan fingerprint density at radius 2 is 1.74 bits per heavy atom. The predicted molar refractivity (Wildman–Crippen MR) is 77.3 cm³/mol. The number of carboxylic acids is 1. The lowest BCUT2D eigenvalue weighted by Gasteiger charge is -2.09. The second kappa shape index (κ2) is 5.76. The molecule has 1 saturated carbocycles. The van der Waals surface area contributed by atoms with Crippen LogP contribution in [0, 0.1) is 0 Å². The van der Waals surface area contributed by atoms with E-state index in [0.29, 0.717) is 16.9 Å². The van der Waals surface area contributed by atoms with Gasteiger partial charge in [-0.15, -0.1) is 0 Å². The smallest absolute Gasteiger partial charge is 0.416 e. The first-order valence-corrected chi connectivity index (χ1v) is 7.40. The molecule has 23 heavy (non-hydrogen) atoms. The average molecular weight is 324 g/mol. The highest BCUT2D eigenvalue weighted by Crippen LogP contribution is 2.40. The largest absolute Gasteiger partial charge is 0.478 e. The number of rotatable bonds is 3. The van der Waals surface area contributed by atoms with Crippen LogP contribution in [0.5, 0.6) is 0 Å². The number of aromatic carboxylic acids is 1. The van der Waals surface area contributed by atoms with Crippen LogP contribution in [0.3, 0.4) is 0 Å². The van der Waals surface area contributed by atoms with Gasteiger partial charge in [-0.3, -0.25) is 0 Å². The van der Waals surface area contributed by atoms with Crippen molar-refractivity contribution in [1.29, 1.82) is 0 Å². The summed E-state index contributed by atoms with van der Waals surface area (Å²) in [7, 11) is 0. The lowest BCUT2D eigenvalue weighted by atomic mass is 9.96. The summed E-state index contributed by atoms with van der Waals surface area (Å²) in [5.74, 6) is -0.607. The van der Waals surface area contributed by atoms with Crippen molar-refractivity contribution in [3.05, 3.63) is 47.4 Å². The molecular formula is C17H15F3O3. The predicted octanol–water partition coefficient (Wildman–Crippen LogP) is 5.32. The van der Waals surface area contributed by atoms with Crippen LogP contribution in [0.2, 0.25) is 0 Å². The molecule has 1 N–H and O–H groups in total. The Balaban J connectivity index is 2.01. The van der Waals surface area contributed by atoms with Crippen molar-refractivity contribution >= 4 is 5.97 Å². The van der Waals surface area contributed by atoms with Gasteiger partial charge >= 0.3 is 12.1 Å². The molecule has 0 radical (unpaired) electrons. The summed E-state index contributed by atoms with van der Waals surface area (Å²) >= 11 is 0. The first-order valence-electron chi connectivity index (χ1n) is 7.40. The summed E-state index contributed by atoms with van der Waals surface area (Å²) in [6, 6.07) is 4.45. The van der Waals surface area contributed by atoms with Gasteiger partial charge in [-0.2, -0.15) is 13.2 Å². The number of benzene rings is 1. The highest BCUT2D eigenvalue weighted by atomic mass is 19.4.